The van der Waals surface area contributed by atoms with Gasteiger partial charge in [-0.2, -0.15) is 0 Å². The molecule has 1 atom stereocenters. The fraction of sp³-hybridized carbons (Fsp3) is 0.556. The summed E-state index contributed by atoms with van der Waals surface area (Å²) in [6.07, 6.45) is 4.02. The van der Waals surface area contributed by atoms with Crippen LogP contribution in [-0.4, -0.2) is 34.8 Å². The van der Waals surface area contributed by atoms with Crippen LogP contribution in [0.1, 0.15) is 13.3 Å². The Labute approximate surface area is 83.6 Å². The van der Waals surface area contributed by atoms with Gasteiger partial charge < -0.3 is 15.7 Å². The Morgan fingerprint density at radius 2 is 2.14 bits per heavy atom. The molecule has 0 saturated heterocycles. The lowest BCUT2D eigenvalue weighted by Crippen LogP contribution is -2.17. The molecule has 0 spiro atoms. The van der Waals surface area contributed by atoms with Gasteiger partial charge in [0, 0.05) is 19.7 Å². The zero-order valence-electron chi connectivity index (χ0n) is 8.49. The van der Waals surface area contributed by atoms with Gasteiger partial charge in [0.05, 0.1) is 12.4 Å². The highest BCUT2D eigenvalue weighted by atomic mass is 16.3. The molecule has 0 aromatic carbocycles. The smallest absolute Gasteiger partial charge is 0.147 e. The molecular weight excluding hydrogens is 180 g/mol. The molecule has 1 rings (SSSR count). The maximum absolute atomic E-state index is 8.73. The molecule has 1 heterocycles. The average Bonchev–Trinajstić information content (AvgIpc) is 2.18. The van der Waals surface area contributed by atoms with Gasteiger partial charge in [-0.05, 0) is 13.3 Å². The number of anilines is 2. The standard InChI is InChI=1S/C9H16N4O/c1-7(3-4-14)12-9-6-11-5-8(10-2)13-9/h5-7,14H,3-4H2,1-2H3,(H2,10,12,13). The lowest BCUT2D eigenvalue weighted by Gasteiger charge is -2.12. The third kappa shape index (κ3) is 3.18. The lowest BCUT2D eigenvalue weighted by atomic mass is 10.2. The average molecular weight is 196 g/mol. The van der Waals surface area contributed by atoms with E-state index >= 15 is 0 Å². The maximum atomic E-state index is 8.73. The van der Waals surface area contributed by atoms with Crippen molar-refractivity contribution in [3.8, 4) is 0 Å². The first-order valence-corrected chi connectivity index (χ1v) is 4.63. The van der Waals surface area contributed by atoms with Gasteiger partial charge >= 0.3 is 0 Å². The maximum Gasteiger partial charge on any atom is 0.147 e. The van der Waals surface area contributed by atoms with Crippen molar-refractivity contribution in [2.75, 3.05) is 24.3 Å². The Hall–Kier alpha value is -1.36. The van der Waals surface area contributed by atoms with E-state index in [2.05, 4.69) is 20.6 Å². The van der Waals surface area contributed by atoms with Gasteiger partial charge in [0.1, 0.15) is 11.6 Å². The van der Waals surface area contributed by atoms with Gasteiger partial charge in [0.15, 0.2) is 0 Å². The molecule has 5 heteroatoms. The highest BCUT2D eigenvalue weighted by Gasteiger charge is 2.02. The lowest BCUT2D eigenvalue weighted by molar-refractivity contribution is 0.282. The van der Waals surface area contributed by atoms with Gasteiger partial charge in [-0.25, -0.2) is 4.98 Å². The molecule has 0 fully saturated rings. The molecule has 0 aliphatic heterocycles. The summed E-state index contributed by atoms with van der Waals surface area (Å²) in [6, 6.07) is 0.196. The fourth-order valence-electron chi connectivity index (χ4n) is 1.07. The molecule has 1 aromatic heterocycles. The first kappa shape index (κ1) is 10.7. The zero-order valence-corrected chi connectivity index (χ0v) is 8.49. The topological polar surface area (TPSA) is 70.1 Å². The van der Waals surface area contributed by atoms with Gasteiger partial charge in [0.2, 0.25) is 0 Å². The molecule has 0 bridgehead atoms. The van der Waals surface area contributed by atoms with Crippen LogP contribution in [0.2, 0.25) is 0 Å². The van der Waals surface area contributed by atoms with E-state index in [1.54, 1.807) is 19.4 Å². The van der Waals surface area contributed by atoms with E-state index in [1.807, 2.05) is 6.92 Å². The largest absolute Gasteiger partial charge is 0.396 e. The summed E-state index contributed by atoms with van der Waals surface area (Å²) in [5.41, 5.74) is 0. The molecule has 0 aliphatic rings. The predicted molar refractivity (Wildman–Crippen MR) is 56.4 cm³/mol. The van der Waals surface area contributed by atoms with Crippen molar-refractivity contribution in [2.45, 2.75) is 19.4 Å². The van der Waals surface area contributed by atoms with Crippen LogP contribution in [0.5, 0.6) is 0 Å². The van der Waals surface area contributed by atoms with Crippen molar-refractivity contribution in [1.29, 1.82) is 0 Å². The van der Waals surface area contributed by atoms with Crippen molar-refractivity contribution in [2.24, 2.45) is 0 Å². The quantitative estimate of drug-likeness (QED) is 0.646. The molecule has 3 N–H and O–H groups in total. The van der Waals surface area contributed by atoms with Crippen LogP contribution in [0.15, 0.2) is 12.4 Å². The van der Waals surface area contributed by atoms with Gasteiger partial charge in [-0.3, -0.25) is 4.98 Å². The van der Waals surface area contributed by atoms with Gasteiger partial charge in [-0.15, -0.1) is 0 Å². The van der Waals surface area contributed by atoms with Crippen LogP contribution in [-0.2, 0) is 0 Å². The van der Waals surface area contributed by atoms with E-state index in [0.717, 1.165) is 11.6 Å². The van der Waals surface area contributed by atoms with E-state index in [4.69, 9.17) is 5.11 Å². The molecule has 0 amide bonds. The number of aliphatic hydroxyl groups is 1. The summed E-state index contributed by atoms with van der Waals surface area (Å²) < 4.78 is 0. The Kier molecular flexibility index (Phi) is 4.12. The molecule has 78 valence electrons. The minimum Gasteiger partial charge on any atom is -0.396 e. The van der Waals surface area contributed by atoms with Crippen molar-refractivity contribution in [1.82, 2.24) is 9.97 Å². The SMILES string of the molecule is CNc1cncc(NC(C)CCO)n1. The molecule has 5 nitrogen and oxygen atoms in total. The minimum atomic E-state index is 0.174. The highest BCUT2D eigenvalue weighted by molar-refractivity contribution is 5.41. The van der Waals surface area contributed by atoms with Crippen molar-refractivity contribution in [3.63, 3.8) is 0 Å². The number of hydrogen-bond acceptors (Lipinski definition) is 5. The van der Waals surface area contributed by atoms with Crippen LogP contribution in [0.3, 0.4) is 0 Å². The van der Waals surface area contributed by atoms with E-state index in [-0.39, 0.29) is 12.6 Å². The number of nitrogens with one attached hydrogen (secondary N) is 2. The van der Waals surface area contributed by atoms with Crippen molar-refractivity contribution in [3.05, 3.63) is 12.4 Å². The van der Waals surface area contributed by atoms with Gasteiger partial charge in [-0.1, -0.05) is 0 Å². The number of rotatable bonds is 5. The van der Waals surface area contributed by atoms with E-state index < -0.39 is 0 Å². The van der Waals surface area contributed by atoms with Crippen LogP contribution >= 0.6 is 0 Å². The third-order valence-corrected chi connectivity index (χ3v) is 1.85. The van der Waals surface area contributed by atoms with Crippen LogP contribution in [0, 0.1) is 0 Å². The van der Waals surface area contributed by atoms with Crippen molar-refractivity contribution >= 4 is 11.6 Å². The first-order chi connectivity index (χ1) is 6.76. The summed E-state index contributed by atoms with van der Waals surface area (Å²) >= 11 is 0. The summed E-state index contributed by atoms with van der Waals surface area (Å²) in [5, 5.41) is 14.8. The van der Waals surface area contributed by atoms with E-state index in [0.29, 0.717) is 6.42 Å². The van der Waals surface area contributed by atoms with Crippen LogP contribution in [0.4, 0.5) is 11.6 Å². The molecule has 1 unspecified atom stereocenters. The zero-order chi connectivity index (χ0) is 10.4. The number of hydrogen-bond donors (Lipinski definition) is 3. The third-order valence-electron chi connectivity index (χ3n) is 1.85. The molecule has 0 radical (unpaired) electrons. The second-order valence-electron chi connectivity index (χ2n) is 3.10. The van der Waals surface area contributed by atoms with Crippen molar-refractivity contribution < 1.29 is 5.11 Å². The summed E-state index contributed by atoms with van der Waals surface area (Å²) in [5.74, 6) is 1.45. The molecular formula is C9H16N4O. The van der Waals surface area contributed by atoms with Crippen LogP contribution in [0.25, 0.3) is 0 Å². The Morgan fingerprint density at radius 3 is 2.79 bits per heavy atom. The molecule has 1 aromatic rings. The molecule has 0 aliphatic carbocycles. The Balaban J connectivity index is 2.57. The molecule has 0 saturated carbocycles. The second kappa shape index (κ2) is 5.39. The first-order valence-electron chi connectivity index (χ1n) is 4.63. The summed E-state index contributed by atoms with van der Waals surface area (Å²) in [6.45, 7) is 2.16. The number of nitrogens with zero attached hydrogens (tertiary/aromatic N) is 2. The number of aliphatic hydroxyl groups excluding tert-OH is 1. The Morgan fingerprint density at radius 1 is 1.43 bits per heavy atom. The van der Waals surface area contributed by atoms with E-state index in [1.165, 1.54) is 0 Å². The normalized spacial score (nSPS) is 12.2. The number of aromatic nitrogens is 2. The minimum absolute atomic E-state index is 0.174. The molecule has 14 heavy (non-hydrogen) atoms. The fourth-order valence-corrected chi connectivity index (χ4v) is 1.07. The summed E-state index contributed by atoms with van der Waals surface area (Å²) in [4.78, 5) is 8.27. The second-order valence-corrected chi connectivity index (χ2v) is 3.10. The van der Waals surface area contributed by atoms with E-state index in [9.17, 15) is 0 Å². The van der Waals surface area contributed by atoms with Gasteiger partial charge in [0.25, 0.3) is 0 Å². The monoisotopic (exact) mass is 196 g/mol. The highest BCUT2D eigenvalue weighted by Crippen LogP contribution is 2.07. The predicted octanol–water partition coefficient (Wildman–Crippen LogP) is 0.701. The van der Waals surface area contributed by atoms with Crippen LogP contribution < -0.4 is 10.6 Å². The Bertz CT molecular complexity index is 279. The summed E-state index contributed by atoms with van der Waals surface area (Å²) in [7, 11) is 1.80.